The van der Waals surface area contributed by atoms with E-state index in [1.165, 1.54) is 0 Å². The van der Waals surface area contributed by atoms with Crippen LogP contribution >= 0.6 is 0 Å². The maximum absolute atomic E-state index is 12.7. The van der Waals surface area contributed by atoms with Gasteiger partial charge in [0.25, 0.3) is 0 Å². The van der Waals surface area contributed by atoms with Crippen molar-refractivity contribution in [2.75, 3.05) is 7.11 Å². The largest absolute Gasteiger partial charge is 0.378 e. The summed E-state index contributed by atoms with van der Waals surface area (Å²) >= 11 is 0. The minimum absolute atomic E-state index is 0.112. The average molecular weight is 132 g/mol. The Labute approximate surface area is 55.2 Å². The van der Waals surface area contributed by atoms with Gasteiger partial charge >= 0.3 is 0 Å². The zero-order valence-electron chi connectivity index (χ0n) is 5.77. The highest BCUT2D eigenvalue weighted by atomic mass is 19.1. The predicted molar refractivity (Wildman–Crippen MR) is 34.2 cm³/mol. The first-order valence-electron chi connectivity index (χ1n) is 3.51. The molecule has 54 valence electrons. The molecule has 1 saturated carbocycles. The van der Waals surface area contributed by atoms with Gasteiger partial charge in [0.15, 0.2) is 0 Å². The molecule has 0 N–H and O–H groups in total. The Morgan fingerprint density at radius 1 is 1.33 bits per heavy atom. The summed E-state index contributed by atoms with van der Waals surface area (Å²) in [7, 11) is 1.59. The summed E-state index contributed by atoms with van der Waals surface area (Å²) in [6.07, 6.45) is 2.93. The summed E-state index contributed by atoms with van der Waals surface area (Å²) in [5.41, 5.74) is 0. The zero-order valence-corrected chi connectivity index (χ0v) is 5.77. The van der Waals surface area contributed by atoms with Crippen LogP contribution in [0.5, 0.6) is 0 Å². The lowest BCUT2D eigenvalue weighted by atomic mass is 9.96. The molecular weight excluding hydrogens is 119 g/mol. The number of methoxy groups -OCH3 is 1. The Hall–Kier alpha value is -0.110. The molecule has 1 rings (SSSR count). The fraction of sp³-hybridized carbons (Fsp3) is 1.00. The molecule has 0 radical (unpaired) electrons. The van der Waals surface area contributed by atoms with Crippen molar-refractivity contribution in [3.63, 3.8) is 0 Å². The molecule has 0 aliphatic heterocycles. The maximum atomic E-state index is 12.7. The van der Waals surface area contributed by atoms with Gasteiger partial charge in [-0.15, -0.1) is 0 Å². The van der Waals surface area contributed by atoms with Crippen LogP contribution < -0.4 is 0 Å². The molecule has 0 aromatic rings. The van der Waals surface area contributed by atoms with Gasteiger partial charge in [-0.1, -0.05) is 12.8 Å². The first-order chi connectivity index (χ1) is 4.34. The van der Waals surface area contributed by atoms with Gasteiger partial charge in [0.05, 0.1) is 6.10 Å². The second-order valence-corrected chi connectivity index (χ2v) is 2.57. The molecule has 0 spiro atoms. The Morgan fingerprint density at radius 2 is 2.00 bits per heavy atom. The van der Waals surface area contributed by atoms with Gasteiger partial charge in [-0.3, -0.25) is 0 Å². The van der Waals surface area contributed by atoms with E-state index >= 15 is 0 Å². The van der Waals surface area contributed by atoms with Crippen LogP contribution in [-0.4, -0.2) is 19.4 Å². The van der Waals surface area contributed by atoms with Crippen LogP contribution in [0.4, 0.5) is 4.39 Å². The van der Waals surface area contributed by atoms with Crippen molar-refractivity contribution in [3.05, 3.63) is 0 Å². The van der Waals surface area contributed by atoms with Gasteiger partial charge in [-0.2, -0.15) is 0 Å². The van der Waals surface area contributed by atoms with Crippen molar-refractivity contribution in [2.45, 2.75) is 38.0 Å². The van der Waals surface area contributed by atoms with Crippen LogP contribution in [0, 0.1) is 0 Å². The van der Waals surface area contributed by atoms with Gasteiger partial charge in [-0.25, -0.2) is 4.39 Å². The fourth-order valence-electron chi connectivity index (χ4n) is 1.32. The molecule has 2 atom stereocenters. The van der Waals surface area contributed by atoms with Crippen LogP contribution in [0.25, 0.3) is 0 Å². The topological polar surface area (TPSA) is 9.23 Å². The van der Waals surface area contributed by atoms with E-state index in [2.05, 4.69) is 0 Å². The lowest BCUT2D eigenvalue weighted by Crippen LogP contribution is -2.27. The van der Waals surface area contributed by atoms with Crippen molar-refractivity contribution in [3.8, 4) is 0 Å². The molecule has 0 aromatic carbocycles. The Balaban J connectivity index is 2.30. The standard InChI is InChI=1S/C7H13FO/c1-9-7-5-3-2-4-6(7)8/h6-7H,2-5H2,1H3/t6-,7+/m1/s1. The second-order valence-electron chi connectivity index (χ2n) is 2.57. The summed E-state index contributed by atoms with van der Waals surface area (Å²) in [5, 5.41) is 0. The molecule has 1 aliphatic carbocycles. The number of rotatable bonds is 1. The van der Waals surface area contributed by atoms with E-state index in [0.717, 1.165) is 19.3 Å². The Morgan fingerprint density at radius 3 is 2.44 bits per heavy atom. The third-order valence-corrected chi connectivity index (χ3v) is 1.92. The van der Waals surface area contributed by atoms with Crippen LogP contribution in [0.1, 0.15) is 25.7 Å². The minimum atomic E-state index is -0.705. The highest BCUT2D eigenvalue weighted by Crippen LogP contribution is 2.22. The SMILES string of the molecule is CO[C@H]1CCCC[C@H]1F. The molecule has 0 amide bonds. The monoisotopic (exact) mass is 132 g/mol. The summed E-state index contributed by atoms with van der Waals surface area (Å²) in [6, 6.07) is 0. The van der Waals surface area contributed by atoms with Crippen LogP contribution in [0.2, 0.25) is 0 Å². The molecule has 0 unspecified atom stereocenters. The van der Waals surface area contributed by atoms with Crippen molar-refractivity contribution in [1.82, 2.24) is 0 Å². The predicted octanol–water partition coefficient (Wildman–Crippen LogP) is 1.91. The lowest BCUT2D eigenvalue weighted by molar-refractivity contribution is 0.00586. The third kappa shape index (κ3) is 1.65. The van der Waals surface area contributed by atoms with Gasteiger partial charge in [0, 0.05) is 7.11 Å². The normalized spacial score (nSPS) is 36.7. The Kier molecular flexibility index (Phi) is 2.46. The zero-order chi connectivity index (χ0) is 6.69. The quantitative estimate of drug-likeness (QED) is 0.529. The number of halogens is 1. The second kappa shape index (κ2) is 3.16. The maximum Gasteiger partial charge on any atom is 0.126 e. The number of hydrogen-bond donors (Lipinski definition) is 0. The summed E-state index contributed by atoms with van der Waals surface area (Å²) in [4.78, 5) is 0. The number of ether oxygens (including phenoxy) is 1. The molecule has 1 fully saturated rings. The first-order valence-corrected chi connectivity index (χ1v) is 3.51. The number of alkyl halides is 1. The van der Waals surface area contributed by atoms with E-state index in [4.69, 9.17) is 4.74 Å². The molecule has 0 bridgehead atoms. The van der Waals surface area contributed by atoms with Crippen LogP contribution in [0.3, 0.4) is 0 Å². The minimum Gasteiger partial charge on any atom is -0.378 e. The molecule has 0 heterocycles. The van der Waals surface area contributed by atoms with Gasteiger partial charge in [-0.05, 0) is 12.8 Å². The van der Waals surface area contributed by atoms with E-state index in [-0.39, 0.29) is 6.10 Å². The first kappa shape index (κ1) is 7.00. The summed E-state index contributed by atoms with van der Waals surface area (Å²) in [6.45, 7) is 0. The van der Waals surface area contributed by atoms with E-state index < -0.39 is 6.17 Å². The fourth-order valence-corrected chi connectivity index (χ4v) is 1.32. The average Bonchev–Trinajstić information content (AvgIpc) is 1.89. The van der Waals surface area contributed by atoms with Crippen LogP contribution in [0.15, 0.2) is 0 Å². The lowest BCUT2D eigenvalue weighted by Gasteiger charge is -2.23. The van der Waals surface area contributed by atoms with E-state index in [1.54, 1.807) is 7.11 Å². The molecule has 0 aromatic heterocycles. The molecular formula is C7H13FO. The Bertz CT molecular complexity index is 85.0. The van der Waals surface area contributed by atoms with E-state index in [9.17, 15) is 4.39 Å². The van der Waals surface area contributed by atoms with Gasteiger partial charge in [0.2, 0.25) is 0 Å². The van der Waals surface area contributed by atoms with Gasteiger partial charge in [0.1, 0.15) is 6.17 Å². The van der Waals surface area contributed by atoms with Crippen molar-refractivity contribution >= 4 is 0 Å². The van der Waals surface area contributed by atoms with Crippen molar-refractivity contribution in [2.24, 2.45) is 0 Å². The summed E-state index contributed by atoms with van der Waals surface area (Å²) in [5.74, 6) is 0. The number of hydrogen-bond acceptors (Lipinski definition) is 1. The van der Waals surface area contributed by atoms with Gasteiger partial charge < -0.3 is 4.74 Å². The molecule has 2 heteroatoms. The molecule has 1 aliphatic rings. The molecule has 0 saturated heterocycles. The third-order valence-electron chi connectivity index (χ3n) is 1.92. The van der Waals surface area contributed by atoms with E-state index in [0.29, 0.717) is 6.42 Å². The summed E-state index contributed by atoms with van der Waals surface area (Å²) < 4.78 is 17.7. The van der Waals surface area contributed by atoms with E-state index in [1.807, 2.05) is 0 Å². The highest BCUT2D eigenvalue weighted by molar-refractivity contribution is 4.74. The van der Waals surface area contributed by atoms with Crippen molar-refractivity contribution < 1.29 is 9.13 Å². The molecule has 1 nitrogen and oxygen atoms in total. The highest BCUT2D eigenvalue weighted by Gasteiger charge is 2.23. The van der Waals surface area contributed by atoms with Crippen LogP contribution in [-0.2, 0) is 4.74 Å². The van der Waals surface area contributed by atoms with Crippen molar-refractivity contribution in [1.29, 1.82) is 0 Å². The smallest absolute Gasteiger partial charge is 0.126 e. The molecule has 9 heavy (non-hydrogen) atoms.